The molecular weight excluding hydrogens is 247 g/mol. The molecular formula is C18H39P. The van der Waals surface area contributed by atoms with Gasteiger partial charge in [-0.2, -0.15) is 0 Å². The zero-order valence-electron chi connectivity index (χ0n) is 13.8. The summed E-state index contributed by atoms with van der Waals surface area (Å²) in [4.78, 5) is 0. The van der Waals surface area contributed by atoms with Crippen LogP contribution in [0.3, 0.4) is 0 Å². The molecule has 116 valence electrons. The van der Waals surface area contributed by atoms with Gasteiger partial charge in [0.15, 0.2) is 0 Å². The monoisotopic (exact) mass is 286 g/mol. The van der Waals surface area contributed by atoms with Gasteiger partial charge in [0.1, 0.15) is 0 Å². The zero-order chi connectivity index (χ0) is 14.2. The van der Waals surface area contributed by atoms with E-state index in [9.17, 15) is 0 Å². The molecule has 1 heteroatoms. The van der Waals surface area contributed by atoms with Gasteiger partial charge in [-0.1, -0.05) is 97.3 Å². The largest absolute Gasteiger partial charge is 0.134 e. The standard InChI is InChI=1S/C18H39P/c1-3-5-6-7-8-9-10-11-12-13-14-15-16-17-18(19)4-2/h18H,3-17,19H2,1-2H3. The Morgan fingerprint density at radius 1 is 0.579 bits per heavy atom. The number of hydrogen-bond donors (Lipinski definition) is 0. The summed E-state index contributed by atoms with van der Waals surface area (Å²) in [5, 5.41) is 0. The van der Waals surface area contributed by atoms with Crippen LogP contribution in [0.1, 0.15) is 110 Å². The van der Waals surface area contributed by atoms with Gasteiger partial charge in [-0.25, -0.2) is 0 Å². The number of rotatable bonds is 15. The van der Waals surface area contributed by atoms with Crippen molar-refractivity contribution in [2.24, 2.45) is 0 Å². The highest BCUT2D eigenvalue weighted by atomic mass is 31.0. The topological polar surface area (TPSA) is 0 Å². The van der Waals surface area contributed by atoms with Gasteiger partial charge in [-0.15, -0.1) is 9.24 Å². The van der Waals surface area contributed by atoms with Crippen molar-refractivity contribution in [3.63, 3.8) is 0 Å². The van der Waals surface area contributed by atoms with E-state index in [1.54, 1.807) is 0 Å². The molecule has 0 aromatic carbocycles. The molecule has 0 aliphatic rings. The fourth-order valence-corrected chi connectivity index (χ4v) is 2.86. The van der Waals surface area contributed by atoms with Gasteiger partial charge in [-0.3, -0.25) is 0 Å². The lowest BCUT2D eigenvalue weighted by Crippen LogP contribution is -1.94. The van der Waals surface area contributed by atoms with Crippen molar-refractivity contribution in [3.05, 3.63) is 0 Å². The molecule has 0 aromatic heterocycles. The van der Waals surface area contributed by atoms with Crippen LogP contribution in [0.15, 0.2) is 0 Å². The average Bonchev–Trinajstić information content (AvgIpc) is 2.43. The maximum Gasteiger partial charge on any atom is -0.0267 e. The summed E-state index contributed by atoms with van der Waals surface area (Å²) in [5.74, 6) is 0. The first kappa shape index (κ1) is 19.4. The van der Waals surface area contributed by atoms with Crippen molar-refractivity contribution in [1.82, 2.24) is 0 Å². The van der Waals surface area contributed by atoms with E-state index in [2.05, 4.69) is 23.1 Å². The summed E-state index contributed by atoms with van der Waals surface area (Å²) in [7, 11) is 2.98. The summed E-state index contributed by atoms with van der Waals surface area (Å²) in [6.45, 7) is 4.58. The molecule has 0 saturated carbocycles. The van der Waals surface area contributed by atoms with Crippen molar-refractivity contribution in [2.45, 2.75) is 116 Å². The minimum Gasteiger partial charge on any atom is -0.134 e. The summed E-state index contributed by atoms with van der Waals surface area (Å²) < 4.78 is 0. The summed E-state index contributed by atoms with van der Waals surface area (Å²) in [6.07, 6.45) is 21.7. The fraction of sp³-hybridized carbons (Fsp3) is 1.00. The van der Waals surface area contributed by atoms with Gasteiger partial charge in [0.2, 0.25) is 0 Å². The molecule has 0 rings (SSSR count). The van der Waals surface area contributed by atoms with Gasteiger partial charge in [0, 0.05) is 0 Å². The molecule has 0 amide bonds. The quantitative estimate of drug-likeness (QED) is 0.222. The van der Waals surface area contributed by atoms with Gasteiger partial charge in [0.05, 0.1) is 0 Å². The van der Waals surface area contributed by atoms with E-state index in [0.29, 0.717) is 0 Å². The van der Waals surface area contributed by atoms with Crippen LogP contribution >= 0.6 is 9.24 Å². The van der Waals surface area contributed by atoms with Crippen LogP contribution in [0.2, 0.25) is 0 Å². The highest BCUT2D eigenvalue weighted by Gasteiger charge is 1.98. The first-order chi connectivity index (χ1) is 9.31. The molecule has 0 aromatic rings. The number of hydrogen-bond acceptors (Lipinski definition) is 0. The van der Waals surface area contributed by atoms with Crippen LogP contribution in [-0.4, -0.2) is 5.66 Å². The van der Waals surface area contributed by atoms with Crippen LogP contribution in [0.25, 0.3) is 0 Å². The Labute approximate surface area is 125 Å². The highest BCUT2D eigenvalue weighted by molar-refractivity contribution is 7.17. The highest BCUT2D eigenvalue weighted by Crippen LogP contribution is 2.16. The molecule has 0 heterocycles. The third-order valence-electron chi connectivity index (χ3n) is 4.20. The third kappa shape index (κ3) is 16.4. The van der Waals surface area contributed by atoms with E-state index in [1.165, 1.54) is 96.3 Å². The Morgan fingerprint density at radius 2 is 0.947 bits per heavy atom. The van der Waals surface area contributed by atoms with Crippen molar-refractivity contribution < 1.29 is 0 Å². The van der Waals surface area contributed by atoms with E-state index in [0.717, 1.165) is 5.66 Å². The minimum atomic E-state index is 0.868. The molecule has 0 spiro atoms. The molecule has 19 heavy (non-hydrogen) atoms. The molecule has 0 bridgehead atoms. The van der Waals surface area contributed by atoms with E-state index >= 15 is 0 Å². The maximum absolute atomic E-state index is 2.98. The molecule has 0 saturated heterocycles. The first-order valence-corrected chi connectivity index (χ1v) is 9.73. The molecule has 0 radical (unpaired) electrons. The smallest absolute Gasteiger partial charge is 0.0267 e. The van der Waals surface area contributed by atoms with Crippen molar-refractivity contribution >= 4 is 9.24 Å². The molecule has 0 aliphatic heterocycles. The zero-order valence-corrected chi connectivity index (χ0v) is 14.9. The normalized spacial score (nSPS) is 12.8. The number of unbranched alkanes of at least 4 members (excludes halogenated alkanes) is 12. The lowest BCUT2D eigenvalue weighted by Gasteiger charge is -2.07. The fourth-order valence-electron chi connectivity index (χ4n) is 2.63. The van der Waals surface area contributed by atoms with Gasteiger partial charge >= 0.3 is 0 Å². The molecule has 0 fully saturated rings. The van der Waals surface area contributed by atoms with E-state index in [-0.39, 0.29) is 0 Å². The Morgan fingerprint density at radius 3 is 1.32 bits per heavy atom. The van der Waals surface area contributed by atoms with E-state index in [1.807, 2.05) is 0 Å². The Kier molecular flexibility index (Phi) is 16.9. The summed E-state index contributed by atoms with van der Waals surface area (Å²) in [6, 6.07) is 0. The minimum absolute atomic E-state index is 0.868. The Balaban J connectivity index is 2.95. The Hall–Kier alpha value is 0.430. The predicted molar refractivity (Wildman–Crippen MR) is 94.1 cm³/mol. The van der Waals surface area contributed by atoms with Gasteiger partial charge in [-0.05, 0) is 18.5 Å². The Bertz CT molecular complexity index is 156. The SMILES string of the molecule is CCCCCCCCCCCCCCCC(P)CC. The average molecular weight is 286 g/mol. The van der Waals surface area contributed by atoms with E-state index in [4.69, 9.17) is 0 Å². The van der Waals surface area contributed by atoms with Crippen molar-refractivity contribution in [3.8, 4) is 0 Å². The van der Waals surface area contributed by atoms with E-state index < -0.39 is 0 Å². The second-order valence-electron chi connectivity index (χ2n) is 6.20. The van der Waals surface area contributed by atoms with Crippen LogP contribution in [0.4, 0.5) is 0 Å². The van der Waals surface area contributed by atoms with Crippen LogP contribution < -0.4 is 0 Å². The third-order valence-corrected chi connectivity index (χ3v) is 5.01. The lowest BCUT2D eigenvalue weighted by atomic mass is 10.0. The van der Waals surface area contributed by atoms with Crippen molar-refractivity contribution in [2.75, 3.05) is 0 Å². The van der Waals surface area contributed by atoms with Crippen LogP contribution in [-0.2, 0) is 0 Å². The van der Waals surface area contributed by atoms with Crippen LogP contribution in [0.5, 0.6) is 0 Å². The lowest BCUT2D eigenvalue weighted by molar-refractivity contribution is 0.533. The summed E-state index contributed by atoms with van der Waals surface area (Å²) in [5.41, 5.74) is 0.868. The maximum atomic E-state index is 2.98. The molecule has 0 N–H and O–H groups in total. The van der Waals surface area contributed by atoms with Crippen molar-refractivity contribution in [1.29, 1.82) is 0 Å². The first-order valence-electron chi connectivity index (χ1n) is 9.06. The molecule has 2 unspecified atom stereocenters. The molecule has 0 aliphatic carbocycles. The molecule has 0 nitrogen and oxygen atoms in total. The molecule has 2 atom stereocenters. The van der Waals surface area contributed by atoms with Gasteiger partial charge < -0.3 is 0 Å². The second-order valence-corrected chi connectivity index (χ2v) is 7.14. The second kappa shape index (κ2) is 16.5. The summed E-state index contributed by atoms with van der Waals surface area (Å²) >= 11 is 0. The predicted octanol–water partition coefficient (Wildman–Crippen LogP) is 7.12. The van der Waals surface area contributed by atoms with Gasteiger partial charge in [0.25, 0.3) is 0 Å². The van der Waals surface area contributed by atoms with Crippen LogP contribution in [0, 0.1) is 0 Å².